The first kappa shape index (κ1) is 15.3. The highest BCUT2D eigenvalue weighted by atomic mass is 19.4. The Kier molecular flexibility index (Phi) is 4.74. The number of aryl methyl sites for hydroxylation is 1. The van der Waals surface area contributed by atoms with E-state index in [0.29, 0.717) is 11.5 Å². The number of aromatic nitrogens is 1. The molecular weight excluding hydrogens is 259 g/mol. The van der Waals surface area contributed by atoms with Gasteiger partial charge in [0.1, 0.15) is 12.4 Å². The summed E-state index contributed by atoms with van der Waals surface area (Å²) in [7, 11) is 1.63. The van der Waals surface area contributed by atoms with Crippen molar-refractivity contribution in [3.8, 4) is 0 Å². The van der Waals surface area contributed by atoms with Gasteiger partial charge in [0.05, 0.1) is 0 Å². The summed E-state index contributed by atoms with van der Waals surface area (Å²) in [6, 6.07) is 2.91. The second kappa shape index (κ2) is 5.90. The number of pyridine rings is 1. The normalized spacial score (nSPS) is 11.3. The van der Waals surface area contributed by atoms with Gasteiger partial charge in [0.2, 0.25) is 0 Å². The Hall–Kier alpha value is -1.79. The van der Waals surface area contributed by atoms with Crippen molar-refractivity contribution in [2.45, 2.75) is 20.0 Å². The third-order valence-electron chi connectivity index (χ3n) is 2.50. The van der Waals surface area contributed by atoms with Crippen molar-refractivity contribution in [2.24, 2.45) is 0 Å². The van der Waals surface area contributed by atoms with Crippen LogP contribution in [0.2, 0.25) is 0 Å². The molecule has 0 aliphatic carbocycles. The summed E-state index contributed by atoms with van der Waals surface area (Å²) in [4.78, 5) is 16.9. The lowest BCUT2D eigenvalue weighted by molar-refractivity contribution is -0.140. The first-order chi connectivity index (χ1) is 8.76. The molecule has 106 valence electrons. The fraction of sp³-hybridized carbons (Fsp3) is 0.500. The van der Waals surface area contributed by atoms with E-state index in [-0.39, 0.29) is 12.1 Å². The smallest absolute Gasteiger partial charge is 0.373 e. The highest BCUT2D eigenvalue weighted by molar-refractivity contribution is 5.95. The maximum atomic E-state index is 12.4. The lowest BCUT2D eigenvalue weighted by Crippen LogP contribution is -2.38. The minimum absolute atomic E-state index is 0.00536. The van der Waals surface area contributed by atoms with Crippen molar-refractivity contribution in [1.82, 2.24) is 9.88 Å². The minimum Gasteiger partial charge on any atom is -0.373 e. The van der Waals surface area contributed by atoms with Crippen LogP contribution in [0.5, 0.6) is 0 Å². The summed E-state index contributed by atoms with van der Waals surface area (Å²) in [5.74, 6) is -0.201. The third-order valence-corrected chi connectivity index (χ3v) is 2.50. The van der Waals surface area contributed by atoms with E-state index in [9.17, 15) is 18.0 Å². The molecule has 1 aromatic rings. The Labute approximate surface area is 109 Å². The highest BCUT2D eigenvalue weighted by Gasteiger charge is 2.32. The van der Waals surface area contributed by atoms with Gasteiger partial charge < -0.3 is 10.2 Å². The van der Waals surface area contributed by atoms with Gasteiger partial charge in [-0.25, -0.2) is 4.98 Å². The molecule has 4 nitrogen and oxygen atoms in total. The standard InChI is InChI=1S/C12H16F3N3O/c1-4-18(7-12(13,14)15)11(19)9-5-8(2)17-10(6-9)16-3/h5-6H,4,7H2,1-3H3,(H,16,17). The third kappa shape index (κ3) is 4.42. The van der Waals surface area contributed by atoms with Crippen LogP contribution in [-0.2, 0) is 0 Å². The van der Waals surface area contributed by atoms with Crippen LogP contribution in [0.25, 0.3) is 0 Å². The molecule has 0 saturated carbocycles. The van der Waals surface area contributed by atoms with Gasteiger partial charge >= 0.3 is 6.18 Å². The van der Waals surface area contributed by atoms with E-state index in [0.717, 1.165) is 4.90 Å². The summed E-state index contributed by atoms with van der Waals surface area (Å²) in [6.45, 7) is 1.93. The number of halogens is 3. The number of hydrogen-bond acceptors (Lipinski definition) is 3. The Morgan fingerprint density at radius 3 is 2.53 bits per heavy atom. The Bertz CT molecular complexity index is 460. The van der Waals surface area contributed by atoms with Crippen LogP contribution >= 0.6 is 0 Å². The predicted octanol–water partition coefficient (Wildman–Crippen LogP) is 2.46. The van der Waals surface area contributed by atoms with Crippen LogP contribution in [0, 0.1) is 6.92 Å². The fourth-order valence-corrected chi connectivity index (χ4v) is 1.65. The van der Waals surface area contributed by atoms with Gasteiger partial charge in [-0.05, 0) is 26.0 Å². The van der Waals surface area contributed by atoms with Gasteiger partial charge in [-0.15, -0.1) is 0 Å². The Morgan fingerprint density at radius 2 is 2.05 bits per heavy atom. The summed E-state index contributed by atoms with van der Waals surface area (Å²) in [5.41, 5.74) is 0.765. The molecule has 7 heteroatoms. The van der Waals surface area contributed by atoms with Crippen molar-refractivity contribution in [3.63, 3.8) is 0 Å². The molecule has 0 radical (unpaired) electrons. The number of hydrogen-bond donors (Lipinski definition) is 1. The maximum Gasteiger partial charge on any atom is 0.406 e. The molecule has 0 saturated heterocycles. The predicted molar refractivity (Wildman–Crippen MR) is 66.2 cm³/mol. The van der Waals surface area contributed by atoms with Crippen molar-refractivity contribution >= 4 is 11.7 Å². The molecule has 0 aliphatic heterocycles. The summed E-state index contributed by atoms with van der Waals surface area (Å²) in [5, 5.41) is 2.76. The van der Waals surface area contributed by atoms with Crippen molar-refractivity contribution < 1.29 is 18.0 Å². The summed E-state index contributed by atoms with van der Waals surface area (Å²) >= 11 is 0. The van der Waals surface area contributed by atoms with Crippen LogP contribution in [0.15, 0.2) is 12.1 Å². The molecule has 1 aromatic heterocycles. The number of rotatable bonds is 4. The maximum absolute atomic E-state index is 12.4. The van der Waals surface area contributed by atoms with E-state index in [1.165, 1.54) is 19.1 Å². The molecule has 0 bridgehead atoms. The molecule has 0 unspecified atom stereocenters. The first-order valence-corrected chi connectivity index (χ1v) is 5.79. The number of amides is 1. The molecule has 0 fully saturated rings. The number of nitrogens with zero attached hydrogens (tertiary/aromatic N) is 2. The molecule has 0 aromatic carbocycles. The second-order valence-corrected chi connectivity index (χ2v) is 4.07. The average Bonchev–Trinajstić information content (AvgIpc) is 2.33. The lowest BCUT2D eigenvalue weighted by atomic mass is 10.2. The molecule has 0 atom stereocenters. The van der Waals surface area contributed by atoms with E-state index in [4.69, 9.17) is 0 Å². The number of alkyl halides is 3. The van der Waals surface area contributed by atoms with Crippen LogP contribution in [0.4, 0.5) is 19.0 Å². The summed E-state index contributed by atoms with van der Waals surface area (Å²) < 4.78 is 37.1. The van der Waals surface area contributed by atoms with Gasteiger partial charge in [-0.1, -0.05) is 0 Å². The minimum atomic E-state index is -4.40. The molecular formula is C12H16F3N3O. The van der Waals surface area contributed by atoms with Crippen LogP contribution in [0.1, 0.15) is 23.0 Å². The number of carbonyl (C=O) groups is 1. The number of anilines is 1. The molecule has 1 amide bonds. The molecule has 1 rings (SSSR count). The quantitative estimate of drug-likeness (QED) is 0.918. The summed E-state index contributed by atoms with van der Waals surface area (Å²) in [6.07, 6.45) is -4.40. The van der Waals surface area contributed by atoms with E-state index in [1.807, 2.05) is 0 Å². The number of carbonyl (C=O) groups excluding carboxylic acids is 1. The zero-order chi connectivity index (χ0) is 14.6. The Morgan fingerprint density at radius 1 is 1.42 bits per heavy atom. The van der Waals surface area contributed by atoms with E-state index >= 15 is 0 Å². The first-order valence-electron chi connectivity index (χ1n) is 5.79. The molecule has 19 heavy (non-hydrogen) atoms. The van der Waals surface area contributed by atoms with Gasteiger partial charge in [0.25, 0.3) is 5.91 Å². The van der Waals surface area contributed by atoms with Gasteiger partial charge in [-0.3, -0.25) is 4.79 Å². The lowest BCUT2D eigenvalue weighted by Gasteiger charge is -2.22. The van der Waals surface area contributed by atoms with Crippen LogP contribution in [-0.4, -0.2) is 42.1 Å². The molecule has 0 aliphatic rings. The monoisotopic (exact) mass is 275 g/mol. The highest BCUT2D eigenvalue weighted by Crippen LogP contribution is 2.19. The SMILES string of the molecule is CCN(CC(F)(F)F)C(=O)c1cc(C)nc(NC)c1. The van der Waals surface area contributed by atoms with E-state index in [1.54, 1.807) is 14.0 Å². The van der Waals surface area contributed by atoms with Crippen molar-refractivity contribution in [1.29, 1.82) is 0 Å². The molecule has 1 heterocycles. The molecule has 1 N–H and O–H groups in total. The number of nitrogens with one attached hydrogen (secondary N) is 1. The van der Waals surface area contributed by atoms with Crippen molar-refractivity contribution in [3.05, 3.63) is 23.4 Å². The second-order valence-electron chi connectivity index (χ2n) is 4.07. The van der Waals surface area contributed by atoms with Gasteiger partial charge in [-0.2, -0.15) is 13.2 Å². The van der Waals surface area contributed by atoms with Crippen LogP contribution in [0.3, 0.4) is 0 Å². The van der Waals surface area contributed by atoms with Gasteiger partial charge in [0.15, 0.2) is 0 Å². The van der Waals surface area contributed by atoms with Crippen molar-refractivity contribution in [2.75, 3.05) is 25.5 Å². The largest absolute Gasteiger partial charge is 0.406 e. The van der Waals surface area contributed by atoms with E-state index < -0.39 is 18.6 Å². The zero-order valence-electron chi connectivity index (χ0n) is 11.0. The Balaban J connectivity index is 3.00. The zero-order valence-corrected chi connectivity index (χ0v) is 11.0. The van der Waals surface area contributed by atoms with Crippen LogP contribution < -0.4 is 5.32 Å². The molecule has 0 spiro atoms. The average molecular weight is 275 g/mol. The van der Waals surface area contributed by atoms with Gasteiger partial charge in [0, 0.05) is 24.8 Å². The topological polar surface area (TPSA) is 45.2 Å². The fourth-order valence-electron chi connectivity index (χ4n) is 1.65. The van der Waals surface area contributed by atoms with E-state index in [2.05, 4.69) is 10.3 Å².